The fraction of sp³-hybridized carbons (Fsp3) is 0.429. The fourth-order valence-electron chi connectivity index (χ4n) is 1.83. The van der Waals surface area contributed by atoms with Crippen molar-refractivity contribution in [2.45, 2.75) is 25.7 Å². The largest absolute Gasteiger partial charge is 0.399 e. The molecule has 5 heteroatoms. The van der Waals surface area contributed by atoms with Crippen LogP contribution < -0.4 is 5.73 Å². The number of hydrogen-bond acceptors (Lipinski definition) is 5. The van der Waals surface area contributed by atoms with E-state index in [-0.39, 0.29) is 5.41 Å². The molecule has 2 rings (SSSR count). The molecule has 0 bridgehead atoms. The first-order valence-corrected chi connectivity index (χ1v) is 6.22. The first kappa shape index (κ1) is 13.5. The number of nitrogens with zero attached hydrogens (tertiary/aromatic N) is 2. The first-order valence-electron chi connectivity index (χ1n) is 6.22. The van der Waals surface area contributed by atoms with Gasteiger partial charge < -0.3 is 15.0 Å². The Morgan fingerprint density at radius 2 is 1.95 bits per heavy atom. The molecule has 2 N–H and O–H groups in total. The van der Waals surface area contributed by atoms with Crippen molar-refractivity contribution < 1.29 is 9.26 Å². The Labute approximate surface area is 112 Å². The SMILES string of the molecule is COCCc1noc(C(C)(C)c2ccc(N)cc2)n1. The minimum atomic E-state index is -0.341. The van der Waals surface area contributed by atoms with Crippen LogP contribution in [0.25, 0.3) is 0 Å². The highest BCUT2D eigenvalue weighted by Gasteiger charge is 2.29. The van der Waals surface area contributed by atoms with Gasteiger partial charge in [-0.3, -0.25) is 0 Å². The normalized spacial score (nSPS) is 11.7. The second kappa shape index (κ2) is 5.40. The van der Waals surface area contributed by atoms with E-state index in [0.717, 1.165) is 11.3 Å². The standard InChI is InChI=1S/C14H19N3O2/c1-14(2,10-4-6-11(15)7-5-10)13-16-12(17-19-13)8-9-18-3/h4-7H,8-9,15H2,1-3H3. The summed E-state index contributed by atoms with van der Waals surface area (Å²) >= 11 is 0. The molecule has 0 spiro atoms. The van der Waals surface area contributed by atoms with Gasteiger partial charge in [0, 0.05) is 19.2 Å². The monoisotopic (exact) mass is 261 g/mol. The first-order chi connectivity index (χ1) is 9.04. The van der Waals surface area contributed by atoms with Gasteiger partial charge in [-0.05, 0) is 31.5 Å². The summed E-state index contributed by atoms with van der Waals surface area (Å²) in [5.41, 5.74) is 7.19. The van der Waals surface area contributed by atoms with Gasteiger partial charge in [0.05, 0.1) is 12.0 Å². The van der Waals surface area contributed by atoms with Gasteiger partial charge in [-0.1, -0.05) is 17.3 Å². The van der Waals surface area contributed by atoms with Gasteiger partial charge in [-0.15, -0.1) is 0 Å². The van der Waals surface area contributed by atoms with Crippen LogP contribution >= 0.6 is 0 Å². The van der Waals surface area contributed by atoms with Crippen molar-refractivity contribution in [1.82, 2.24) is 10.1 Å². The fourth-order valence-corrected chi connectivity index (χ4v) is 1.83. The quantitative estimate of drug-likeness (QED) is 0.835. The molecule has 2 aromatic rings. The van der Waals surface area contributed by atoms with Crippen LogP contribution in [0.5, 0.6) is 0 Å². The molecule has 0 unspecified atom stereocenters. The third-order valence-electron chi connectivity index (χ3n) is 3.16. The Morgan fingerprint density at radius 3 is 2.58 bits per heavy atom. The van der Waals surface area contributed by atoms with E-state index in [9.17, 15) is 0 Å². The average molecular weight is 261 g/mol. The lowest BCUT2D eigenvalue weighted by Crippen LogP contribution is -2.19. The maximum absolute atomic E-state index is 5.70. The second-order valence-electron chi connectivity index (χ2n) is 5.01. The van der Waals surface area contributed by atoms with E-state index in [1.807, 2.05) is 38.1 Å². The lowest BCUT2D eigenvalue weighted by molar-refractivity contribution is 0.199. The molecule has 0 aliphatic rings. The van der Waals surface area contributed by atoms with Crippen LogP contribution in [0.3, 0.4) is 0 Å². The van der Waals surface area contributed by atoms with Crippen molar-refractivity contribution in [1.29, 1.82) is 0 Å². The molecular formula is C14H19N3O2. The smallest absolute Gasteiger partial charge is 0.236 e. The molecule has 0 radical (unpaired) electrons. The van der Waals surface area contributed by atoms with Crippen LogP contribution in [0.1, 0.15) is 31.1 Å². The van der Waals surface area contributed by atoms with Crippen LogP contribution in [0, 0.1) is 0 Å². The molecule has 0 fully saturated rings. The zero-order valence-corrected chi connectivity index (χ0v) is 11.5. The van der Waals surface area contributed by atoms with Gasteiger partial charge in [-0.25, -0.2) is 0 Å². The van der Waals surface area contributed by atoms with E-state index >= 15 is 0 Å². The molecule has 1 aromatic heterocycles. The Hall–Kier alpha value is -1.88. The van der Waals surface area contributed by atoms with Crippen molar-refractivity contribution in [3.63, 3.8) is 0 Å². The van der Waals surface area contributed by atoms with Gasteiger partial charge in [-0.2, -0.15) is 4.98 Å². The molecule has 0 amide bonds. The van der Waals surface area contributed by atoms with Crippen molar-refractivity contribution in [2.75, 3.05) is 19.5 Å². The maximum atomic E-state index is 5.70. The van der Waals surface area contributed by atoms with Gasteiger partial charge in [0.1, 0.15) is 0 Å². The number of aromatic nitrogens is 2. The van der Waals surface area contributed by atoms with Gasteiger partial charge >= 0.3 is 0 Å². The molecule has 0 saturated carbocycles. The number of rotatable bonds is 5. The predicted molar refractivity (Wildman–Crippen MR) is 72.9 cm³/mol. The van der Waals surface area contributed by atoms with E-state index in [1.54, 1.807) is 7.11 Å². The number of methoxy groups -OCH3 is 1. The van der Waals surface area contributed by atoms with Gasteiger partial charge in [0.2, 0.25) is 5.89 Å². The number of nitrogens with two attached hydrogens (primary N) is 1. The third kappa shape index (κ3) is 2.93. The molecule has 0 aliphatic carbocycles. The van der Waals surface area contributed by atoms with Crippen molar-refractivity contribution in [3.8, 4) is 0 Å². The van der Waals surface area contributed by atoms with Crippen LogP contribution in [-0.2, 0) is 16.6 Å². The van der Waals surface area contributed by atoms with Gasteiger partial charge in [0.25, 0.3) is 0 Å². The molecule has 1 aromatic carbocycles. The number of nitrogen functional groups attached to an aromatic ring is 1. The Bertz CT molecular complexity index is 532. The highest BCUT2D eigenvalue weighted by molar-refractivity contribution is 5.42. The van der Waals surface area contributed by atoms with E-state index in [1.165, 1.54) is 0 Å². The summed E-state index contributed by atoms with van der Waals surface area (Å²) in [7, 11) is 1.65. The molecule has 0 aliphatic heterocycles. The Kier molecular flexibility index (Phi) is 3.85. The van der Waals surface area contributed by atoms with E-state index in [4.69, 9.17) is 15.0 Å². The summed E-state index contributed by atoms with van der Waals surface area (Å²) in [5, 5.41) is 3.97. The molecular weight excluding hydrogens is 242 g/mol. The van der Waals surface area contributed by atoms with Crippen molar-refractivity contribution in [2.24, 2.45) is 0 Å². The lowest BCUT2D eigenvalue weighted by Gasteiger charge is -2.20. The zero-order valence-electron chi connectivity index (χ0n) is 11.5. The molecule has 1 heterocycles. The van der Waals surface area contributed by atoms with E-state index in [0.29, 0.717) is 24.7 Å². The minimum absolute atomic E-state index is 0.341. The topological polar surface area (TPSA) is 74.2 Å². The molecule has 19 heavy (non-hydrogen) atoms. The van der Waals surface area contributed by atoms with Crippen LogP contribution in [0.15, 0.2) is 28.8 Å². The van der Waals surface area contributed by atoms with Crippen molar-refractivity contribution in [3.05, 3.63) is 41.5 Å². The third-order valence-corrected chi connectivity index (χ3v) is 3.16. The summed E-state index contributed by atoms with van der Waals surface area (Å²) in [6, 6.07) is 7.71. The lowest BCUT2D eigenvalue weighted by atomic mass is 9.84. The zero-order chi connectivity index (χ0) is 13.9. The molecule has 102 valence electrons. The summed E-state index contributed by atoms with van der Waals surface area (Å²) in [4.78, 5) is 4.43. The Morgan fingerprint density at radius 1 is 1.26 bits per heavy atom. The van der Waals surface area contributed by atoms with E-state index < -0.39 is 0 Å². The number of ether oxygens (including phenoxy) is 1. The highest BCUT2D eigenvalue weighted by atomic mass is 16.5. The van der Waals surface area contributed by atoms with Crippen molar-refractivity contribution >= 4 is 5.69 Å². The number of benzene rings is 1. The summed E-state index contributed by atoms with van der Waals surface area (Å²) in [5.74, 6) is 1.27. The molecule has 0 saturated heterocycles. The van der Waals surface area contributed by atoms with E-state index in [2.05, 4.69) is 10.1 Å². The van der Waals surface area contributed by atoms with Crippen LogP contribution in [0.4, 0.5) is 5.69 Å². The molecule has 5 nitrogen and oxygen atoms in total. The minimum Gasteiger partial charge on any atom is -0.399 e. The van der Waals surface area contributed by atoms with Crippen LogP contribution in [0.2, 0.25) is 0 Å². The maximum Gasteiger partial charge on any atom is 0.236 e. The predicted octanol–water partition coefficient (Wildman–Crippen LogP) is 2.17. The number of hydrogen-bond donors (Lipinski definition) is 1. The highest BCUT2D eigenvalue weighted by Crippen LogP contribution is 2.30. The van der Waals surface area contributed by atoms with Crippen LogP contribution in [-0.4, -0.2) is 23.9 Å². The average Bonchev–Trinajstić information content (AvgIpc) is 2.86. The summed E-state index contributed by atoms with van der Waals surface area (Å²) in [6.07, 6.45) is 0.651. The van der Waals surface area contributed by atoms with Gasteiger partial charge in [0.15, 0.2) is 5.82 Å². The second-order valence-corrected chi connectivity index (χ2v) is 5.01. The summed E-state index contributed by atoms with van der Waals surface area (Å²) in [6.45, 7) is 4.68. The summed E-state index contributed by atoms with van der Waals surface area (Å²) < 4.78 is 10.4. The Balaban J connectivity index is 2.23. The molecule has 0 atom stereocenters. The number of anilines is 1.